The zero-order valence-corrected chi connectivity index (χ0v) is 9.97. The minimum atomic E-state index is 0.155. The Kier molecular flexibility index (Phi) is 2.76. The highest BCUT2D eigenvalue weighted by Crippen LogP contribution is 2.28. The van der Waals surface area contributed by atoms with Crippen molar-refractivity contribution in [2.75, 3.05) is 17.6 Å². The second kappa shape index (κ2) is 4.56. The van der Waals surface area contributed by atoms with E-state index in [1.807, 2.05) is 30.3 Å². The molecule has 92 valence electrons. The number of ether oxygens (including phenoxy) is 1. The summed E-state index contributed by atoms with van der Waals surface area (Å²) in [6.45, 7) is 0.727. The first kappa shape index (κ1) is 10.9. The lowest BCUT2D eigenvalue weighted by Gasteiger charge is -2.13. The molecule has 3 rings (SSSR count). The van der Waals surface area contributed by atoms with Crippen LogP contribution < -0.4 is 15.8 Å². The molecule has 0 spiro atoms. The molecule has 0 amide bonds. The van der Waals surface area contributed by atoms with Gasteiger partial charge in [0.15, 0.2) is 0 Å². The number of anilines is 2. The summed E-state index contributed by atoms with van der Waals surface area (Å²) in [4.78, 5) is 4.04. The van der Waals surface area contributed by atoms with Crippen LogP contribution in [0, 0.1) is 0 Å². The van der Waals surface area contributed by atoms with Crippen LogP contribution in [0.4, 0.5) is 11.5 Å². The van der Waals surface area contributed by atoms with E-state index in [-0.39, 0.29) is 6.10 Å². The van der Waals surface area contributed by atoms with Gasteiger partial charge in [-0.25, -0.2) is 4.98 Å². The quantitative estimate of drug-likeness (QED) is 0.863. The molecule has 0 bridgehead atoms. The van der Waals surface area contributed by atoms with Crippen molar-refractivity contribution >= 4 is 11.5 Å². The third-order valence-electron chi connectivity index (χ3n) is 3.07. The number of pyridine rings is 1. The predicted molar refractivity (Wildman–Crippen MR) is 71.7 cm³/mol. The minimum Gasteiger partial charge on any atom is -0.488 e. The minimum absolute atomic E-state index is 0.155. The second-order valence-corrected chi connectivity index (χ2v) is 4.37. The van der Waals surface area contributed by atoms with Crippen molar-refractivity contribution in [3.63, 3.8) is 0 Å². The molecular formula is C14H15N3O. The fraction of sp³-hybridized carbons (Fsp3) is 0.214. The van der Waals surface area contributed by atoms with Crippen LogP contribution in [0.5, 0.6) is 5.75 Å². The average Bonchev–Trinajstić information content (AvgIpc) is 2.80. The summed E-state index contributed by atoms with van der Waals surface area (Å²) >= 11 is 0. The Morgan fingerprint density at radius 3 is 3.00 bits per heavy atom. The average molecular weight is 241 g/mol. The zero-order valence-electron chi connectivity index (χ0n) is 9.97. The fourth-order valence-electron chi connectivity index (χ4n) is 2.16. The number of hydrogen-bond donors (Lipinski definition) is 2. The molecule has 0 saturated carbocycles. The lowest BCUT2D eigenvalue weighted by atomic mass is 10.1. The summed E-state index contributed by atoms with van der Waals surface area (Å²) in [7, 11) is 0. The lowest BCUT2D eigenvalue weighted by Crippen LogP contribution is -2.24. The Labute approximate surface area is 106 Å². The van der Waals surface area contributed by atoms with Crippen LogP contribution in [-0.2, 0) is 6.42 Å². The number of nitrogens with one attached hydrogen (secondary N) is 1. The molecule has 1 aromatic carbocycles. The van der Waals surface area contributed by atoms with Gasteiger partial charge in [0.1, 0.15) is 17.7 Å². The van der Waals surface area contributed by atoms with Gasteiger partial charge in [0.2, 0.25) is 0 Å². The largest absolute Gasteiger partial charge is 0.488 e. The molecule has 4 heteroatoms. The number of nitrogens with two attached hydrogens (primary N) is 1. The van der Waals surface area contributed by atoms with Gasteiger partial charge in [-0.2, -0.15) is 0 Å². The topological polar surface area (TPSA) is 60.2 Å². The summed E-state index contributed by atoms with van der Waals surface area (Å²) in [5.41, 5.74) is 7.90. The molecule has 2 heterocycles. The highest BCUT2D eigenvalue weighted by atomic mass is 16.5. The molecule has 1 aliphatic rings. The van der Waals surface area contributed by atoms with Crippen molar-refractivity contribution in [3.8, 4) is 5.75 Å². The lowest BCUT2D eigenvalue weighted by molar-refractivity contribution is 0.246. The Morgan fingerprint density at radius 1 is 1.28 bits per heavy atom. The van der Waals surface area contributed by atoms with Crippen molar-refractivity contribution in [3.05, 3.63) is 48.2 Å². The van der Waals surface area contributed by atoms with Gasteiger partial charge < -0.3 is 15.8 Å². The van der Waals surface area contributed by atoms with Crippen LogP contribution in [0.3, 0.4) is 0 Å². The van der Waals surface area contributed by atoms with Crippen LogP contribution in [-0.4, -0.2) is 17.6 Å². The van der Waals surface area contributed by atoms with Crippen molar-refractivity contribution in [2.24, 2.45) is 0 Å². The molecule has 0 aliphatic carbocycles. The standard InChI is InChI=1S/C14H15N3O/c15-14-12(5-3-7-16-14)17-9-11-8-10-4-1-2-6-13(10)18-11/h1-7,11,17H,8-9H2,(H2,15,16). The third-order valence-corrected chi connectivity index (χ3v) is 3.07. The first-order valence-corrected chi connectivity index (χ1v) is 6.02. The van der Waals surface area contributed by atoms with E-state index in [4.69, 9.17) is 10.5 Å². The van der Waals surface area contributed by atoms with Gasteiger partial charge in [0.05, 0.1) is 12.2 Å². The molecule has 4 nitrogen and oxygen atoms in total. The Bertz CT molecular complexity index is 531. The summed E-state index contributed by atoms with van der Waals surface area (Å²) in [5.74, 6) is 1.51. The van der Waals surface area contributed by atoms with Crippen molar-refractivity contribution < 1.29 is 4.74 Å². The maximum atomic E-state index is 5.84. The number of benzene rings is 1. The second-order valence-electron chi connectivity index (χ2n) is 4.37. The summed E-state index contributed by atoms with van der Waals surface area (Å²) in [5, 5.41) is 3.28. The van der Waals surface area contributed by atoms with Gasteiger partial charge in [-0.05, 0) is 23.8 Å². The number of nitrogen functional groups attached to an aromatic ring is 1. The van der Waals surface area contributed by atoms with E-state index in [2.05, 4.69) is 16.4 Å². The normalized spacial score (nSPS) is 17.0. The van der Waals surface area contributed by atoms with Gasteiger partial charge in [-0.15, -0.1) is 0 Å². The first-order chi connectivity index (χ1) is 8.83. The number of nitrogens with zero attached hydrogens (tertiary/aromatic N) is 1. The molecule has 1 aliphatic heterocycles. The van der Waals surface area contributed by atoms with E-state index in [0.717, 1.165) is 24.4 Å². The van der Waals surface area contributed by atoms with Crippen LogP contribution >= 0.6 is 0 Å². The van der Waals surface area contributed by atoms with E-state index in [0.29, 0.717) is 5.82 Å². The summed E-state index contributed by atoms with van der Waals surface area (Å²) < 4.78 is 5.84. The van der Waals surface area contributed by atoms with E-state index < -0.39 is 0 Å². The van der Waals surface area contributed by atoms with Gasteiger partial charge >= 0.3 is 0 Å². The van der Waals surface area contributed by atoms with Crippen molar-refractivity contribution in [2.45, 2.75) is 12.5 Å². The van der Waals surface area contributed by atoms with Gasteiger partial charge in [0, 0.05) is 12.6 Å². The Morgan fingerprint density at radius 2 is 2.17 bits per heavy atom. The summed E-state index contributed by atoms with van der Waals surface area (Å²) in [6.07, 6.45) is 2.77. The molecule has 1 aromatic heterocycles. The number of fused-ring (bicyclic) bond motifs is 1. The number of para-hydroxylation sites is 1. The Hall–Kier alpha value is -2.23. The molecule has 1 unspecified atom stereocenters. The van der Waals surface area contributed by atoms with Crippen LogP contribution in [0.25, 0.3) is 0 Å². The number of rotatable bonds is 3. The monoisotopic (exact) mass is 241 g/mol. The van der Waals surface area contributed by atoms with Crippen molar-refractivity contribution in [1.82, 2.24) is 4.98 Å². The SMILES string of the molecule is Nc1ncccc1NCC1Cc2ccccc2O1. The molecular weight excluding hydrogens is 226 g/mol. The first-order valence-electron chi connectivity index (χ1n) is 6.02. The molecule has 3 N–H and O–H groups in total. The molecule has 0 radical (unpaired) electrons. The van der Waals surface area contributed by atoms with Gasteiger partial charge in [-0.1, -0.05) is 18.2 Å². The molecule has 18 heavy (non-hydrogen) atoms. The van der Waals surface area contributed by atoms with E-state index in [9.17, 15) is 0 Å². The highest BCUT2D eigenvalue weighted by Gasteiger charge is 2.21. The number of aromatic nitrogens is 1. The Balaban J connectivity index is 1.62. The molecule has 1 atom stereocenters. The predicted octanol–water partition coefficient (Wildman–Crippen LogP) is 2.08. The zero-order chi connectivity index (χ0) is 12.4. The maximum Gasteiger partial charge on any atom is 0.146 e. The smallest absolute Gasteiger partial charge is 0.146 e. The van der Waals surface area contributed by atoms with Crippen molar-refractivity contribution in [1.29, 1.82) is 0 Å². The van der Waals surface area contributed by atoms with Crippen LogP contribution in [0.15, 0.2) is 42.6 Å². The van der Waals surface area contributed by atoms with Gasteiger partial charge in [0.25, 0.3) is 0 Å². The van der Waals surface area contributed by atoms with E-state index in [1.165, 1.54) is 5.56 Å². The molecule has 2 aromatic rings. The third kappa shape index (κ3) is 2.09. The number of hydrogen-bond acceptors (Lipinski definition) is 4. The van der Waals surface area contributed by atoms with E-state index in [1.54, 1.807) is 6.20 Å². The van der Waals surface area contributed by atoms with Gasteiger partial charge in [-0.3, -0.25) is 0 Å². The van der Waals surface area contributed by atoms with Crippen LogP contribution in [0.1, 0.15) is 5.56 Å². The maximum absolute atomic E-state index is 5.84. The highest BCUT2D eigenvalue weighted by molar-refractivity contribution is 5.61. The van der Waals surface area contributed by atoms with Crippen LogP contribution in [0.2, 0.25) is 0 Å². The molecule has 0 saturated heterocycles. The molecule has 0 fully saturated rings. The van der Waals surface area contributed by atoms with E-state index >= 15 is 0 Å². The fourth-order valence-corrected chi connectivity index (χ4v) is 2.16. The summed E-state index contributed by atoms with van der Waals surface area (Å²) in [6, 6.07) is 11.9.